The van der Waals surface area contributed by atoms with Crippen molar-refractivity contribution < 1.29 is 0 Å². The lowest BCUT2D eigenvalue weighted by atomic mass is 10.2. The van der Waals surface area contributed by atoms with E-state index >= 15 is 0 Å². The summed E-state index contributed by atoms with van der Waals surface area (Å²) < 4.78 is 1.90. The van der Waals surface area contributed by atoms with Gasteiger partial charge in [0.1, 0.15) is 17.5 Å². The molecule has 0 unspecified atom stereocenters. The number of anilines is 2. The molecule has 0 amide bonds. The maximum absolute atomic E-state index is 4.59. The summed E-state index contributed by atoms with van der Waals surface area (Å²) in [4.78, 5) is 9.13. The van der Waals surface area contributed by atoms with Gasteiger partial charge in [-0.2, -0.15) is 5.10 Å². The SMILES string of the molecule is CCNc1nc(CC)nc(NCCc2ccnn2C)c1C. The summed E-state index contributed by atoms with van der Waals surface area (Å²) >= 11 is 0. The van der Waals surface area contributed by atoms with Gasteiger partial charge in [0.15, 0.2) is 0 Å². The quantitative estimate of drug-likeness (QED) is 0.817. The summed E-state index contributed by atoms with van der Waals surface area (Å²) in [5.41, 5.74) is 2.27. The second kappa shape index (κ2) is 7.06. The fourth-order valence-corrected chi connectivity index (χ4v) is 2.19. The minimum atomic E-state index is 0.826. The molecule has 2 heterocycles. The highest BCUT2D eigenvalue weighted by atomic mass is 15.3. The molecule has 0 aliphatic heterocycles. The number of nitrogens with zero attached hydrogens (tertiary/aromatic N) is 4. The second-order valence-corrected chi connectivity index (χ2v) is 4.97. The molecule has 0 atom stereocenters. The number of aryl methyl sites for hydroxylation is 2. The summed E-state index contributed by atoms with van der Waals surface area (Å²) in [6.07, 6.45) is 3.57. The first kappa shape index (κ1) is 15.3. The Hall–Kier alpha value is -2.11. The van der Waals surface area contributed by atoms with Gasteiger partial charge in [-0.25, -0.2) is 9.97 Å². The molecule has 0 spiro atoms. The van der Waals surface area contributed by atoms with E-state index in [0.717, 1.165) is 49.0 Å². The third-order valence-electron chi connectivity index (χ3n) is 3.45. The Bertz CT molecular complexity index is 590. The molecule has 0 aliphatic carbocycles. The predicted octanol–water partition coefficient (Wildman–Crippen LogP) is 2.17. The van der Waals surface area contributed by atoms with Gasteiger partial charge in [0, 0.05) is 50.4 Å². The maximum atomic E-state index is 4.59. The molecule has 0 radical (unpaired) electrons. The highest BCUT2D eigenvalue weighted by molar-refractivity contribution is 5.57. The van der Waals surface area contributed by atoms with E-state index in [4.69, 9.17) is 0 Å². The van der Waals surface area contributed by atoms with E-state index in [2.05, 4.69) is 39.5 Å². The highest BCUT2D eigenvalue weighted by Gasteiger charge is 2.09. The summed E-state index contributed by atoms with van der Waals surface area (Å²) in [7, 11) is 1.96. The Morgan fingerprint density at radius 2 is 1.86 bits per heavy atom. The van der Waals surface area contributed by atoms with Gasteiger partial charge in [-0.3, -0.25) is 4.68 Å². The summed E-state index contributed by atoms with van der Waals surface area (Å²) in [6, 6.07) is 2.04. The molecule has 2 N–H and O–H groups in total. The van der Waals surface area contributed by atoms with Gasteiger partial charge in [0.2, 0.25) is 0 Å². The fourth-order valence-electron chi connectivity index (χ4n) is 2.19. The first-order chi connectivity index (χ1) is 10.2. The van der Waals surface area contributed by atoms with Crippen molar-refractivity contribution in [1.29, 1.82) is 0 Å². The van der Waals surface area contributed by atoms with E-state index in [9.17, 15) is 0 Å². The predicted molar refractivity (Wildman–Crippen MR) is 85.7 cm³/mol. The van der Waals surface area contributed by atoms with Gasteiger partial charge < -0.3 is 10.6 Å². The van der Waals surface area contributed by atoms with Crippen molar-refractivity contribution in [2.45, 2.75) is 33.6 Å². The summed E-state index contributed by atoms with van der Waals surface area (Å²) in [6.45, 7) is 7.87. The molecule has 21 heavy (non-hydrogen) atoms. The van der Waals surface area contributed by atoms with E-state index in [-0.39, 0.29) is 0 Å². The smallest absolute Gasteiger partial charge is 0.134 e. The largest absolute Gasteiger partial charge is 0.370 e. The Morgan fingerprint density at radius 3 is 2.43 bits per heavy atom. The number of aromatic nitrogens is 4. The average Bonchev–Trinajstić information content (AvgIpc) is 2.88. The van der Waals surface area contributed by atoms with Crippen LogP contribution in [0.4, 0.5) is 11.6 Å². The lowest BCUT2D eigenvalue weighted by Crippen LogP contribution is -2.13. The van der Waals surface area contributed by atoms with Crippen LogP contribution in [-0.2, 0) is 19.9 Å². The van der Waals surface area contributed by atoms with Crippen molar-refractivity contribution >= 4 is 11.6 Å². The maximum Gasteiger partial charge on any atom is 0.134 e. The molecular weight excluding hydrogens is 264 g/mol. The topological polar surface area (TPSA) is 67.7 Å². The van der Waals surface area contributed by atoms with Crippen LogP contribution in [0.3, 0.4) is 0 Å². The first-order valence-electron chi connectivity index (χ1n) is 7.47. The van der Waals surface area contributed by atoms with Crippen molar-refractivity contribution in [1.82, 2.24) is 19.7 Å². The molecule has 0 aliphatic rings. The zero-order valence-electron chi connectivity index (χ0n) is 13.3. The van der Waals surface area contributed by atoms with Crippen molar-refractivity contribution in [2.75, 3.05) is 23.7 Å². The van der Waals surface area contributed by atoms with Gasteiger partial charge in [-0.15, -0.1) is 0 Å². The van der Waals surface area contributed by atoms with E-state index in [1.807, 2.05) is 30.9 Å². The van der Waals surface area contributed by atoms with Crippen LogP contribution in [0.5, 0.6) is 0 Å². The Kier molecular flexibility index (Phi) is 5.14. The van der Waals surface area contributed by atoms with Gasteiger partial charge >= 0.3 is 0 Å². The molecule has 2 aromatic rings. The standard InChI is InChI=1S/C15H24N6/c1-5-13-19-14(16-6-2)11(3)15(20-13)17-9-7-12-8-10-18-21(12)4/h8,10H,5-7,9H2,1-4H3,(H2,16,17,19,20). The van der Waals surface area contributed by atoms with Gasteiger partial charge in [0.05, 0.1) is 0 Å². The monoisotopic (exact) mass is 288 g/mol. The lowest BCUT2D eigenvalue weighted by Gasteiger charge is -2.14. The molecule has 6 heteroatoms. The van der Waals surface area contributed by atoms with Crippen LogP contribution in [0, 0.1) is 6.92 Å². The van der Waals surface area contributed by atoms with Crippen LogP contribution in [0.2, 0.25) is 0 Å². The number of hydrogen-bond donors (Lipinski definition) is 2. The van der Waals surface area contributed by atoms with Gasteiger partial charge in [-0.1, -0.05) is 6.92 Å². The molecule has 0 bridgehead atoms. The molecule has 0 aromatic carbocycles. The number of nitrogens with one attached hydrogen (secondary N) is 2. The van der Waals surface area contributed by atoms with Crippen molar-refractivity contribution in [2.24, 2.45) is 7.05 Å². The molecule has 114 valence electrons. The highest BCUT2D eigenvalue weighted by Crippen LogP contribution is 2.20. The molecule has 0 saturated heterocycles. The first-order valence-corrected chi connectivity index (χ1v) is 7.47. The normalized spacial score (nSPS) is 10.7. The minimum Gasteiger partial charge on any atom is -0.370 e. The van der Waals surface area contributed by atoms with Crippen molar-refractivity contribution in [3.63, 3.8) is 0 Å². The zero-order valence-corrected chi connectivity index (χ0v) is 13.3. The number of hydrogen-bond acceptors (Lipinski definition) is 5. The average molecular weight is 288 g/mol. The van der Waals surface area contributed by atoms with Crippen LogP contribution < -0.4 is 10.6 Å². The third kappa shape index (κ3) is 3.71. The lowest BCUT2D eigenvalue weighted by molar-refractivity contribution is 0.710. The number of rotatable bonds is 7. The third-order valence-corrected chi connectivity index (χ3v) is 3.45. The molecule has 0 saturated carbocycles. The van der Waals surface area contributed by atoms with E-state index in [1.165, 1.54) is 5.69 Å². The zero-order chi connectivity index (χ0) is 15.2. The molecule has 2 rings (SSSR count). The summed E-state index contributed by atoms with van der Waals surface area (Å²) in [5, 5.41) is 10.9. The fraction of sp³-hybridized carbons (Fsp3) is 0.533. The Balaban J connectivity index is 2.08. The second-order valence-electron chi connectivity index (χ2n) is 4.97. The molecule has 2 aromatic heterocycles. The van der Waals surface area contributed by atoms with Crippen LogP contribution in [0.25, 0.3) is 0 Å². The van der Waals surface area contributed by atoms with Crippen LogP contribution >= 0.6 is 0 Å². The Labute approximate surface area is 126 Å². The minimum absolute atomic E-state index is 0.826. The van der Waals surface area contributed by atoms with E-state index in [0.29, 0.717) is 0 Å². The van der Waals surface area contributed by atoms with Gasteiger partial charge in [0.25, 0.3) is 0 Å². The van der Waals surface area contributed by atoms with Crippen LogP contribution in [-0.4, -0.2) is 32.8 Å². The molecule has 0 fully saturated rings. The van der Waals surface area contributed by atoms with E-state index < -0.39 is 0 Å². The Morgan fingerprint density at radius 1 is 1.14 bits per heavy atom. The van der Waals surface area contributed by atoms with E-state index in [1.54, 1.807) is 0 Å². The van der Waals surface area contributed by atoms with Crippen LogP contribution in [0.1, 0.15) is 30.9 Å². The molecular formula is C15H24N6. The molecule has 6 nitrogen and oxygen atoms in total. The summed E-state index contributed by atoms with van der Waals surface area (Å²) in [5.74, 6) is 2.70. The van der Waals surface area contributed by atoms with Crippen molar-refractivity contribution in [3.8, 4) is 0 Å². The van der Waals surface area contributed by atoms with Crippen LogP contribution in [0.15, 0.2) is 12.3 Å². The van der Waals surface area contributed by atoms with Gasteiger partial charge in [-0.05, 0) is 19.9 Å². The van der Waals surface area contributed by atoms with Crippen molar-refractivity contribution in [3.05, 3.63) is 29.3 Å².